The van der Waals surface area contributed by atoms with Crippen LogP contribution in [0.1, 0.15) is 41.5 Å². The summed E-state index contributed by atoms with van der Waals surface area (Å²) < 4.78 is 85.1. The molecule has 0 bridgehead atoms. The van der Waals surface area contributed by atoms with Crippen molar-refractivity contribution in [1.82, 2.24) is 0 Å². The average molecular weight is 751 g/mol. The highest BCUT2D eigenvalue weighted by Crippen LogP contribution is 2.51. The molecule has 2 nitrogen and oxygen atoms in total. The molecule has 58 heavy (non-hydrogen) atoms. The highest BCUT2D eigenvalue weighted by atomic mass is 16.3. The molecule has 2 heteroatoms. The minimum atomic E-state index is -0.439. The number of benzene rings is 9. The molecule has 0 spiro atoms. The van der Waals surface area contributed by atoms with E-state index >= 15 is 0 Å². The van der Waals surface area contributed by atoms with Crippen LogP contribution in [0.5, 0.6) is 0 Å². The van der Waals surface area contributed by atoms with Crippen LogP contribution in [0.2, 0.25) is 0 Å². The summed E-state index contributed by atoms with van der Waals surface area (Å²) in [5.41, 5.74) is 11.7. The predicted octanol–water partition coefficient (Wildman–Crippen LogP) is 15.9. The molecule has 274 valence electrons. The molecule has 12 rings (SSSR count). The van der Waals surface area contributed by atoms with Crippen molar-refractivity contribution in [2.45, 2.75) is 26.2 Å². The van der Waals surface area contributed by atoms with Crippen LogP contribution in [0.25, 0.3) is 110 Å². The van der Waals surface area contributed by atoms with Gasteiger partial charge in [0.15, 0.2) is 0 Å². The van der Waals surface area contributed by atoms with E-state index in [4.69, 9.17) is 17.1 Å². The van der Waals surface area contributed by atoms with Gasteiger partial charge in [0.2, 0.25) is 0 Å². The van der Waals surface area contributed by atoms with E-state index < -0.39 is 18.1 Å². The van der Waals surface area contributed by atoms with Crippen molar-refractivity contribution in [2.75, 3.05) is 0 Å². The van der Waals surface area contributed by atoms with Gasteiger partial charge in [-0.25, -0.2) is 0 Å². The molecule has 1 aliphatic carbocycles. The molecule has 0 N–H and O–H groups in total. The zero-order chi connectivity index (χ0) is 45.7. The number of para-hydroxylation sites is 1. The molecule has 9 aromatic carbocycles. The molecular weight excluding hydrogens is 705 g/mol. The van der Waals surface area contributed by atoms with Gasteiger partial charge < -0.3 is 8.83 Å². The first-order valence-corrected chi connectivity index (χ1v) is 19.5. The van der Waals surface area contributed by atoms with Crippen LogP contribution in [0, 0.1) is 6.92 Å². The maximum absolute atomic E-state index is 9.54. The average Bonchev–Trinajstić information content (AvgIpc) is 4.01. The van der Waals surface area contributed by atoms with Crippen LogP contribution < -0.4 is 0 Å². The second-order valence-corrected chi connectivity index (χ2v) is 15.8. The van der Waals surface area contributed by atoms with Gasteiger partial charge in [-0.1, -0.05) is 153 Å². The van der Waals surface area contributed by atoms with Gasteiger partial charge in [0.25, 0.3) is 0 Å². The summed E-state index contributed by atoms with van der Waals surface area (Å²) in [4.78, 5) is 0. The number of fused-ring (bicyclic) bond motifs is 9. The third-order valence-electron chi connectivity index (χ3n) is 12.3. The SMILES string of the molecule is [2H]c1c([2H])c([2H])c(-c2c3ccccc3c(-c3ccc(-c4ccc5oc(-c6ccc7c(c6)C(C)(C)c6ccccc6-7)cc5c4)c4oc5ccccc5c34)c3c([2H])c([2H])c([2H])c([2H])c23)c(C)c1[2H]. The minimum absolute atomic E-state index is 0.149. The van der Waals surface area contributed by atoms with Gasteiger partial charge >= 0.3 is 0 Å². The van der Waals surface area contributed by atoms with E-state index in [1.807, 2.05) is 72.8 Å². The zero-order valence-electron chi connectivity index (χ0n) is 39.9. The molecule has 11 aromatic rings. The Labute approximate surface area is 347 Å². The first-order chi connectivity index (χ1) is 31.8. The van der Waals surface area contributed by atoms with E-state index in [2.05, 4.69) is 68.4 Å². The fraction of sp³-hybridized carbons (Fsp3) is 0.0714. The molecule has 0 aliphatic heterocycles. The molecule has 0 fully saturated rings. The largest absolute Gasteiger partial charge is 0.456 e. The normalized spacial score (nSPS) is 15.2. The van der Waals surface area contributed by atoms with Crippen molar-refractivity contribution in [3.8, 4) is 55.8 Å². The summed E-state index contributed by atoms with van der Waals surface area (Å²) in [5, 5.41) is 4.17. The first kappa shape index (κ1) is 25.9. The van der Waals surface area contributed by atoms with Gasteiger partial charge in [0.1, 0.15) is 22.5 Å². The third-order valence-corrected chi connectivity index (χ3v) is 12.3. The minimum Gasteiger partial charge on any atom is -0.456 e. The van der Waals surface area contributed by atoms with Crippen LogP contribution in [0.4, 0.5) is 0 Å². The lowest BCUT2D eigenvalue weighted by atomic mass is 9.82. The summed E-state index contributed by atoms with van der Waals surface area (Å²) in [7, 11) is 0. The molecule has 2 heterocycles. The van der Waals surface area contributed by atoms with Gasteiger partial charge in [-0.15, -0.1) is 0 Å². The summed E-state index contributed by atoms with van der Waals surface area (Å²) in [6.07, 6.45) is 0. The van der Waals surface area contributed by atoms with Gasteiger partial charge in [-0.2, -0.15) is 0 Å². The lowest BCUT2D eigenvalue weighted by Gasteiger charge is -2.21. The summed E-state index contributed by atoms with van der Waals surface area (Å²) in [6.45, 7) is 6.17. The van der Waals surface area contributed by atoms with Crippen molar-refractivity contribution in [2.24, 2.45) is 0 Å². The standard InChI is InChI=1S/C56H38O2/c1-33-14-4-5-15-37(33)52-41-17-6-8-19-43(41)53(44-20-9-7-18-42(44)52)46-28-27-38(55-54(46)45-21-11-13-23-50(45)58-55)34-25-29-49-36(30-34)32-51(57-49)35-24-26-40-39-16-10-12-22-47(39)56(2,3)48(40)31-35/h4-32H,1-3H3/i4D,5D,6D,8D,14D,15D,17D,19D. The molecule has 0 radical (unpaired) electrons. The molecule has 1 aliphatic rings. The van der Waals surface area contributed by atoms with Crippen LogP contribution in [0.15, 0.2) is 185 Å². The molecule has 0 unspecified atom stereocenters. The Morgan fingerprint density at radius 2 is 1.10 bits per heavy atom. The molecule has 0 atom stereocenters. The van der Waals surface area contributed by atoms with Crippen molar-refractivity contribution in [1.29, 1.82) is 0 Å². The maximum Gasteiger partial charge on any atom is 0.143 e. The van der Waals surface area contributed by atoms with E-state index in [9.17, 15) is 2.74 Å². The Hall–Kier alpha value is -7.16. The molecule has 0 saturated carbocycles. The number of hydrogen-bond acceptors (Lipinski definition) is 2. The van der Waals surface area contributed by atoms with Crippen LogP contribution in [0.3, 0.4) is 0 Å². The fourth-order valence-electron chi connectivity index (χ4n) is 9.51. The monoisotopic (exact) mass is 750 g/mol. The molecule has 0 amide bonds. The predicted molar refractivity (Wildman–Crippen MR) is 243 cm³/mol. The molecule has 2 aromatic heterocycles. The Bertz CT molecular complexity index is 3940. The lowest BCUT2D eigenvalue weighted by molar-refractivity contribution is 0.630. The van der Waals surface area contributed by atoms with E-state index in [-0.39, 0.29) is 57.5 Å². The van der Waals surface area contributed by atoms with Crippen molar-refractivity contribution in [3.05, 3.63) is 192 Å². The maximum atomic E-state index is 9.54. The van der Waals surface area contributed by atoms with E-state index in [0.717, 1.165) is 44.2 Å². The van der Waals surface area contributed by atoms with Crippen LogP contribution in [-0.4, -0.2) is 0 Å². The van der Waals surface area contributed by atoms with Crippen LogP contribution >= 0.6 is 0 Å². The van der Waals surface area contributed by atoms with Gasteiger partial charge in [-0.3, -0.25) is 0 Å². The Morgan fingerprint density at radius 1 is 0.466 bits per heavy atom. The lowest BCUT2D eigenvalue weighted by Crippen LogP contribution is -2.14. The van der Waals surface area contributed by atoms with Crippen molar-refractivity contribution >= 4 is 54.5 Å². The summed E-state index contributed by atoms with van der Waals surface area (Å²) >= 11 is 0. The van der Waals surface area contributed by atoms with Crippen molar-refractivity contribution < 1.29 is 19.8 Å². The van der Waals surface area contributed by atoms with E-state index in [1.165, 1.54) is 22.3 Å². The second-order valence-electron chi connectivity index (χ2n) is 15.8. The number of rotatable bonds is 4. The summed E-state index contributed by atoms with van der Waals surface area (Å²) in [5.74, 6) is 0.772. The Balaban J connectivity index is 1.10. The topological polar surface area (TPSA) is 26.3 Å². The molecule has 0 saturated heterocycles. The van der Waals surface area contributed by atoms with E-state index in [1.54, 1.807) is 6.92 Å². The van der Waals surface area contributed by atoms with Gasteiger partial charge in [0, 0.05) is 32.7 Å². The van der Waals surface area contributed by atoms with Crippen LogP contribution in [-0.2, 0) is 5.41 Å². The van der Waals surface area contributed by atoms with E-state index in [0.29, 0.717) is 38.6 Å². The van der Waals surface area contributed by atoms with Gasteiger partial charge in [-0.05, 0) is 121 Å². The third kappa shape index (κ3) is 4.66. The molecular formula is C56H38O2. The van der Waals surface area contributed by atoms with Gasteiger partial charge in [0.05, 0.1) is 11.0 Å². The summed E-state index contributed by atoms with van der Waals surface area (Å²) in [6, 6.07) is 39.9. The Morgan fingerprint density at radius 3 is 1.93 bits per heavy atom. The smallest absolute Gasteiger partial charge is 0.143 e. The first-order valence-electron chi connectivity index (χ1n) is 23.5. The second kappa shape index (κ2) is 12.2. The quantitative estimate of drug-likeness (QED) is 0.167. The number of furan rings is 2. The highest BCUT2D eigenvalue weighted by Gasteiger charge is 2.35. The zero-order valence-corrected chi connectivity index (χ0v) is 31.9. The fourth-order valence-corrected chi connectivity index (χ4v) is 9.51. The number of hydrogen-bond donors (Lipinski definition) is 0. The Kier molecular flexibility index (Phi) is 5.43. The highest BCUT2D eigenvalue weighted by molar-refractivity contribution is 6.26. The van der Waals surface area contributed by atoms with Crippen molar-refractivity contribution in [3.63, 3.8) is 0 Å².